The third kappa shape index (κ3) is 25.5. The predicted molar refractivity (Wildman–Crippen MR) is 153 cm³/mol. The van der Waals surface area contributed by atoms with Crippen LogP contribution in [0, 0.1) is 0 Å². The minimum absolute atomic E-state index is 0. The van der Waals surface area contributed by atoms with Crippen molar-refractivity contribution in [2.75, 3.05) is 20.6 Å². The van der Waals surface area contributed by atoms with Gasteiger partial charge in [-0.1, -0.05) is 149 Å². The lowest BCUT2D eigenvalue weighted by atomic mass is 10.0. The van der Waals surface area contributed by atoms with Crippen molar-refractivity contribution in [3.63, 3.8) is 0 Å². The van der Waals surface area contributed by atoms with E-state index in [0.29, 0.717) is 0 Å². The molecule has 0 N–H and O–H groups in total. The van der Waals surface area contributed by atoms with E-state index in [2.05, 4.69) is 34.9 Å². The average Bonchev–Trinajstić information content (AvgIpc) is 2.80. The molecule has 208 valence electrons. The Labute approximate surface area is 229 Å². The van der Waals surface area contributed by atoms with Crippen molar-refractivity contribution in [3.8, 4) is 0 Å². The van der Waals surface area contributed by atoms with Crippen LogP contribution in [0.2, 0.25) is 0 Å². The number of rotatable bonds is 27. The van der Waals surface area contributed by atoms with E-state index in [1.54, 1.807) is 0 Å². The molecule has 1 nitrogen and oxygen atoms in total. The molecule has 0 spiro atoms. The highest BCUT2D eigenvalue weighted by molar-refractivity contribution is 4.55. The van der Waals surface area contributed by atoms with Gasteiger partial charge in [0.05, 0.1) is 26.7 Å². The third-order valence-electron chi connectivity index (χ3n) is 8.26. The Morgan fingerprint density at radius 2 is 0.676 bits per heavy atom. The molecule has 0 saturated heterocycles. The molecule has 1 atom stereocenters. The summed E-state index contributed by atoms with van der Waals surface area (Å²) in [5.74, 6) is 0. The Morgan fingerprint density at radius 1 is 0.412 bits per heavy atom. The van der Waals surface area contributed by atoms with E-state index < -0.39 is 0 Å². The Hall–Kier alpha value is 0.440. The Kier molecular flexibility index (Phi) is 30.2. The first-order chi connectivity index (χ1) is 16.0. The van der Waals surface area contributed by atoms with Gasteiger partial charge in [0.1, 0.15) is 0 Å². The first-order valence-corrected chi connectivity index (χ1v) is 15.9. The molecular formula is C32H68BrN. The van der Waals surface area contributed by atoms with E-state index in [1.165, 1.54) is 172 Å². The van der Waals surface area contributed by atoms with Crippen LogP contribution in [0.15, 0.2) is 0 Å². The smallest absolute Gasteiger partial charge is 0.0857 e. The molecule has 0 bridgehead atoms. The van der Waals surface area contributed by atoms with Crippen LogP contribution in [0.4, 0.5) is 0 Å². The monoisotopic (exact) mass is 545 g/mol. The number of nitrogens with zero attached hydrogens (tertiary/aromatic N) is 1. The summed E-state index contributed by atoms with van der Waals surface area (Å²) >= 11 is 0. The molecule has 0 aliphatic heterocycles. The van der Waals surface area contributed by atoms with Crippen molar-refractivity contribution in [1.82, 2.24) is 0 Å². The van der Waals surface area contributed by atoms with Gasteiger partial charge in [-0.05, 0) is 32.6 Å². The predicted octanol–water partition coefficient (Wildman–Crippen LogP) is 8.25. The van der Waals surface area contributed by atoms with Crippen LogP contribution in [0.1, 0.15) is 181 Å². The maximum Gasteiger partial charge on any atom is 0.0857 e. The maximum absolute atomic E-state index is 2.50. The molecule has 0 aromatic carbocycles. The standard InChI is InChI=1S/C32H68N.BrH/c1-6-8-10-12-14-16-18-20-22-24-26-28-30-32(3)33(4,5)31-29-27-25-23-21-19-17-15-13-11-9-7-2;/h32H,6-31H2,1-5H3;1H/q+1;/p-1. The Morgan fingerprint density at radius 3 is 1.00 bits per heavy atom. The Bertz CT molecular complexity index is 368. The molecule has 0 aromatic rings. The summed E-state index contributed by atoms with van der Waals surface area (Å²) < 4.78 is 1.23. The van der Waals surface area contributed by atoms with E-state index in [-0.39, 0.29) is 17.0 Å². The third-order valence-corrected chi connectivity index (χ3v) is 8.26. The lowest BCUT2D eigenvalue weighted by Crippen LogP contribution is -3.00. The normalized spacial score (nSPS) is 12.6. The van der Waals surface area contributed by atoms with Gasteiger partial charge >= 0.3 is 0 Å². The molecule has 0 aliphatic rings. The van der Waals surface area contributed by atoms with Crippen LogP contribution in [0.5, 0.6) is 0 Å². The van der Waals surface area contributed by atoms with Gasteiger partial charge in [-0.25, -0.2) is 0 Å². The largest absolute Gasteiger partial charge is 1.00 e. The molecule has 0 saturated carbocycles. The summed E-state index contributed by atoms with van der Waals surface area (Å²) in [4.78, 5) is 0. The van der Waals surface area contributed by atoms with E-state index in [1.807, 2.05) is 0 Å². The molecule has 0 rings (SSSR count). The fourth-order valence-electron chi connectivity index (χ4n) is 5.21. The second-order valence-corrected chi connectivity index (χ2v) is 11.9. The highest BCUT2D eigenvalue weighted by Gasteiger charge is 2.22. The minimum atomic E-state index is 0. The van der Waals surface area contributed by atoms with Crippen molar-refractivity contribution in [2.24, 2.45) is 0 Å². The SMILES string of the molecule is CCCCCCCCCCCCCCC(C)[N+](C)(C)CCCCCCCCCCCCCC.[Br-]. The summed E-state index contributed by atoms with van der Waals surface area (Å²) in [5, 5.41) is 0. The summed E-state index contributed by atoms with van der Waals surface area (Å²) in [7, 11) is 4.95. The summed E-state index contributed by atoms with van der Waals surface area (Å²) in [6.45, 7) is 8.48. The van der Waals surface area contributed by atoms with Crippen molar-refractivity contribution in [1.29, 1.82) is 0 Å². The quantitative estimate of drug-likeness (QED) is 0.0719. The number of hydrogen-bond acceptors (Lipinski definition) is 0. The second kappa shape index (κ2) is 28.0. The van der Waals surface area contributed by atoms with Crippen LogP contribution in [-0.2, 0) is 0 Å². The lowest BCUT2D eigenvalue weighted by Gasteiger charge is -2.36. The number of hydrogen-bond donors (Lipinski definition) is 0. The molecule has 1 unspecified atom stereocenters. The van der Waals surface area contributed by atoms with Gasteiger partial charge < -0.3 is 21.5 Å². The number of quaternary nitrogens is 1. The zero-order valence-electron chi connectivity index (χ0n) is 24.8. The molecule has 2 heteroatoms. The van der Waals surface area contributed by atoms with E-state index in [4.69, 9.17) is 0 Å². The highest BCUT2D eigenvalue weighted by Crippen LogP contribution is 2.18. The van der Waals surface area contributed by atoms with Crippen molar-refractivity contribution in [2.45, 2.75) is 187 Å². The summed E-state index contributed by atoms with van der Waals surface area (Å²) in [5.41, 5.74) is 0. The van der Waals surface area contributed by atoms with E-state index in [0.717, 1.165) is 6.04 Å². The van der Waals surface area contributed by atoms with Crippen molar-refractivity contribution >= 4 is 0 Å². The van der Waals surface area contributed by atoms with Crippen LogP contribution in [0.3, 0.4) is 0 Å². The molecule has 34 heavy (non-hydrogen) atoms. The van der Waals surface area contributed by atoms with Gasteiger partial charge in [-0.2, -0.15) is 0 Å². The zero-order chi connectivity index (χ0) is 24.5. The van der Waals surface area contributed by atoms with Crippen LogP contribution < -0.4 is 17.0 Å². The molecule has 0 amide bonds. The lowest BCUT2D eigenvalue weighted by molar-refractivity contribution is -0.913. The van der Waals surface area contributed by atoms with Gasteiger partial charge in [0, 0.05) is 0 Å². The van der Waals surface area contributed by atoms with Gasteiger partial charge in [0.15, 0.2) is 0 Å². The fraction of sp³-hybridized carbons (Fsp3) is 1.00. The van der Waals surface area contributed by atoms with Crippen molar-refractivity contribution in [3.05, 3.63) is 0 Å². The molecular weight excluding hydrogens is 478 g/mol. The highest BCUT2D eigenvalue weighted by atomic mass is 79.9. The Balaban J connectivity index is 0. The molecule has 0 fully saturated rings. The number of halogens is 1. The van der Waals surface area contributed by atoms with Crippen LogP contribution >= 0.6 is 0 Å². The van der Waals surface area contributed by atoms with E-state index >= 15 is 0 Å². The molecule has 0 aromatic heterocycles. The van der Waals surface area contributed by atoms with Gasteiger partial charge in [-0.15, -0.1) is 0 Å². The molecule has 0 radical (unpaired) electrons. The van der Waals surface area contributed by atoms with Crippen molar-refractivity contribution < 1.29 is 21.5 Å². The first-order valence-electron chi connectivity index (χ1n) is 15.9. The summed E-state index contributed by atoms with van der Waals surface area (Å²) in [6, 6.07) is 0.820. The number of unbranched alkanes of at least 4 members (excludes halogenated alkanes) is 22. The maximum atomic E-state index is 2.50. The summed E-state index contributed by atoms with van der Waals surface area (Å²) in [6.07, 6.45) is 36.3. The zero-order valence-corrected chi connectivity index (χ0v) is 26.4. The average molecular weight is 547 g/mol. The minimum Gasteiger partial charge on any atom is -1.00 e. The molecule has 0 heterocycles. The molecule has 0 aliphatic carbocycles. The van der Waals surface area contributed by atoms with Gasteiger partial charge in [0.25, 0.3) is 0 Å². The van der Waals surface area contributed by atoms with Gasteiger partial charge in [0.2, 0.25) is 0 Å². The van der Waals surface area contributed by atoms with Gasteiger partial charge in [-0.3, -0.25) is 0 Å². The topological polar surface area (TPSA) is 0 Å². The second-order valence-electron chi connectivity index (χ2n) is 11.9. The fourth-order valence-corrected chi connectivity index (χ4v) is 5.21. The first kappa shape index (κ1) is 36.6. The van der Waals surface area contributed by atoms with Crippen LogP contribution in [0.25, 0.3) is 0 Å². The van der Waals surface area contributed by atoms with Crippen LogP contribution in [-0.4, -0.2) is 31.2 Å². The van der Waals surface area contributed by atoms with E-state index in [9.17, 15) is 0 Å².